The van der Waals surface area contributed by atoms with E-state index in [2.05, 4.69) is 24.3 Å². The summed E-state index contributed by atoms with van der Waals surface area (Å²) in [5.41, 5.74) is 3.17. The predicted molar refractivity (Wildman–Crippen MR) is 106 cm³/mol. The van der Waals surface area contributed by atoms with Gasteiger partial charge in [-0.05, 0) is 79.2 Å². The van der Waals surface area contributed by atoms with Crippen LogP contribution in [0.5, 0.6) is 0 Å². The number of hydrogen-bond donors (Lipinski definition) is 0. The SMILES string of the molecule is N#Cc1ccc(-c2ccc(C3CCC(/C=C/CCCF)CC3)cc2)cc1F. The lowest BCUT2D eigenvalue weighted by molar-refractivity contribution is 0.375. The molecule has 140 valence electrons. The van der Waals surface area contributed by atoms with E-state index < -0.39 is 5.82 Å². The van der Waals surface area contributed by atoms with E-state index in [-0.39, 0.29) is 12.2 Å². The molecule has 3 heteroatoms. The minimum absolute atomic E-state index is 0.0749. The normalized spacial score (nSPS) is 19.9. The number of benzene rings is 2. The molecule has 0 aliphatic heterocycles. The Balaban J connectivity index is 1.59. The maximum absolute atomic E-state index is 13.8. The molecule has 0 heterocycles. The largest absolute Gasteiger partial charge is 0.251 e. The van der Waals surface area contributed by atoms with Gasteiger partial charge in [-0.3, -0.25) is 4.39 Å². The van der Waals surface area contributed by atoms with Crippen molar-refractivity contribution in [1.29, 1.82) is 5.26 Å². The molecule has 27 heavy (non-hydrogen) atoms. The lowest BCUT2D eigenvalue weighted by Gasteiger charge is -2.27. The Morgan fingerprint density at radius 3 is 2.33 bits per heavy atom. The Hall–Kier alpha value is -2.47. The first kappa shape index (κ1) is 19.3. The smallest absolute Gasteiger partial charge is 0.141 e. The molecule has 3 rings (SSSR count). The molecule has 0 N–H and O–H groups in total. The van der Waals surface area contributed by atoms with Crippen LogP contribution in [0.15, 0.2) is 54.6 Å². The zero-order valence-corrected chi connectivity index (χ0v) is 15.5. The van der Waals surface area contributed by atoms with E-state index in [1.165, 1.54) is 43.4 Å². The summed E-state index contributed by atoms with van der Waals surface area (Å²) in [6, 6.07) is 15.0. The topological polar surface area (TPSA) is 23.8 Å². The minimum Gasteiger partial charge on any atom is -0.251 e. The van der Waals surface area contributed by atoms with Crippen LogP contribution in [-0.2, 0) is 0 Å². The fourth-order valence-electron chi connectivity index (χ4n) is 3.86. The summed E-state index contributed by atoms with van der Waals surface area (Å²) < 4.78 is 26.0. The van der Waals surface area contributed by atoms with Crippen LogP contribution in [0, 0.1) is 23.1 Å². The van der Waals surface area contributed by atoms with Gasteiger partial charge in [0.1, 0.15) is 11.9 Å². The quantitative estimate of drug-likeness (QED) is 0.401. The molecule has 1 saturated carbocycles. The summed E-state index contributed by atoms with van der Waals surface area (Å²) in [5.74, 6) is 0.728. The fourth-order valence-corrected chi connectivity index (χ4v) is 3.86. The lowest BCUT2D eigenvalue weighted by atomic mass is 9.78. The van der Waals surface area contributed by atoms with Crippen molar-refractivity contribution < 1.29 is 8.78 Å². The van der Waals surface area contributed by atoms with Crippen molar-refractivity contribution in [2.75, 3.05) is 6.67 Å². The Morgan fingerprint density at radius 2 is 1.70 bits per heavy atom. The van der Waals surface area contributed by atoms with Crippen LogP contribution in [0.2, 0.25) is 0 Å². The van der Waals surface area contributed by atoms with Crippen LogP contribution < -0.4 is 0 Å². The van der Waals surface area contributed by atoms with Crippen LogP contribution in [0.25, 0.3) is 11.1 Å². The summed E-state index contributed by atoms with van der Waals surface area (Å²) in [4.78, 5) is 0. The highest BCUT2D eigenvalue weighted by molar-refractivity contribution is 5.64. The van der Waals surface area contributed by atoms with E-state index in [9.17, 15) is 8.78 Å². The Bertz CT molecular complexity index is 809. The van der Waals surface area contributed by atoms with Gasteiger partial charge in [0.2, 0.25) is 0 Å². The van der Waals surface area contributed by atoms with Crippen LogP contribution in [-0.4, -0.2) is 6.67 Å². The third kappa shape index (κ3) is 5.04. The predicted octanol–water partition coefficient (Wildman–Crippen LogP) is 6.94. The lowest BCUT2D eigenvalue weighted by Crippen LogP contribution is -2.11. The highest BCUT2D eigenvalue weighted by atomic mass is 19.1. The van der Waals surface area contributed by atoms with Crippen LogP contribution >= 0.6 is 0 Å². The van der Waals surface area contributed by atoms with Gasteiger partial charge < -0.3 is 0 Å². The second-order valence-corrected chi connectivity index (χ2v) is 7.30. The van der Waals surface area contributed by atoms with Gasteiger partial charge in [0.25, 0.3) is 0 Å². The van der Waals surface area contributed by atoms with Gasteiger partial charge in [-0.1, -0.05) is 42.5 Å². The first-order chi connectivity index (χ1) is 13.2. The van der Waals surface area contributed by atoms with Crippen molar-refractivity contribution in [3.05, 3.63) is 71.6 Å². The monoisotopic (exact) mass is 365 g/mol. The zero-order chi connectivity index (χ0) is 19.1. The third-order valence-corrected chi connectivity index (χ3v) is 5.49. The summed E-state index contributed by atoms with van der Waals surface area (Å²) in [6.45, 7) is -0.234. The van der Waals surface area contributed by atoms with Gasteiger partial charge in [0.15, 0.2) is 0 Å². The Labute approximate surface area is 160 Å². The molecule has 0 amide bonds. The van der Waals surface area contributed by atoms with Crippen molar-refractivity contribution in [3.63, 3.8) is 0 Å². The number of nitrogens with zero attached hydrogens (tertiary/aromatic N) is 1. The Morgan fingerprint density at radius 1 is 1.00 bits per heavy atom. The molecular formula is C24H25F2N. The first-order valence-electron chi connectivity index (χ1n) is 9.74. The molecule has 0 atom stereocenters. The highest BCUT2D eigenvalue weighted by Gasteiger charge is 2.20. The van der Waals surface area contributed by atoms with Gasteiger partial charge >= 0.3 is 0 Å². The average Bonchev–Trinajstić information content (AvgIpc) is 2.72. The minimum atomic E-state index is -0.475. The molecule has 0 bridgehead atoms. The summed E-state index contributed by atoms with van der Waals surface area (Å²) in [6.07, 6.45) is 10.6. The van der Waals surface area contributed by atoms with E-state index in [0.717, 1.165) is 17.5 Å². The highest BCUT2D eigenvalue weighted by Crippen LogP contribution is 2.37. The van der Waals surface area contributed by atoms with Crippen molar-refractivity contribution in [2.45, 2.75) is 44.4 Å². The van der Waals surface area contributed by atoms with Crippen molar-refractivity contribution >= 4 is 0 Å². The number of hydrogen-bond acceptors (Lipinski definition) is 1. The molecule has 2 aromatic rings. The van der Waals surface area contributed by atoms with E-state index in [1.807, 2.05) is 18.2 Å². The first-order valence-corrected chi connectivity index (χ1v) is 9.74. The van der Waals surface area contributed by atoms with Gasteiger partial charge in [-0.25, -0.2) is 4.39 Å². The van der Waals surface area contributed by atoms with Crippen molar-refractivity contribution in [1.82, 2.24) is 0 Å². The molecule has 0 aromatic heterocycles. The number of allylic oxidation sites excluding steroid dienone is 2. The average molecular weight is 365 g/mol. The van der Waals surface area contributed by atoms with Crippen molar-refractivity contribution in [3.8, 4) is 17.2 Å². The fraction of sp³-hybridized carbons (Fsp3) is 0.375. The summed E-state index contributed by atoms with van der Waals surface area (Å²) in [5, 5.41) is 8.84. The van der Waals surface area contributed by atoms with Crippen LogP contribution in [0.1, 0.15) is 55.6 Å². The van der Waals surface area contributed by atoms with Crippen molar-refractivity contribution in [2.24, 2.45) is 5.92 Å². The molecule has 1 aliphatic rings. The molecule has 0 saturated heterocycles. The maximum Gasteiger partial charge on any atom is 0.141 e. The molecule has 0 radical (unpaired) electrons. The van der Waals surface area contributed by atoms with Crippen LogP contribution in [0.3, 0.4) is 0 Å². The number of halogens is 2. The molecular weight excluding hydrogens is 340 g/mol. The Kier molecular flexibility index (Phi) is 6.76. The number of nitriles is 1. The zero-order valence-electron chi connectivity index (χ0n) is 15.5. The van der Waals surface area contributed by atoms with E-state index in [4.69, 9.17) is 5.26 Å². The van der Waals surface area contributed by atoms with E-state index >= 15 is 0 Å². The second-order valence-electron chi connectivity index (χ2n) is 7.30. The summed E-state index contributed by atoms with van der Waals surface area (Å²) >= 11 is 0. The standard InChI is InChI=1S/C24H25F2N/c25-15-3-1-2-4-18-5-7-19(8-6-18)20-9-11-21(12-10-20)22-13-14-23(17-27)24(26)16-22/h2,4,9-14,16,18-19H,1,3,5-8,15H2/b4-2+. The molecule has 1 nitrogen and oxygen atoms in total. The third-order valence-electron chi connectivity index (χ3n) is 5.49. The molecule has 2 aromatic carbocycles. The number of rotatable bonds is 6. The van der Waals surface area contributed by atoms with E-state index in [1.54, 1.807) is 6.07 Å². The maximum atomic E-state index is 13.8. The van der Waals surface area contributed by atoms with Gasteiger partial charge in [-0.2, -0.15) is 5.26 Å². The molecule has 1 aliphatic carbocycles. The second kappa shape index (κ2) is 9.46. The number of unbranched alkanes of at least 4 members (excludes halogenated alkanes) is 1. The van der Waals surface area contributed by atoms with Gasteiger partial charge in [0.05, 0.1) is 12.2 Å². The molecule has 1 fully saturated rings. The number of alkyl halides is 1. The van der Waals surface area contributed by atoms with Crippen LogP contribution in [0.4, 0.5) is 8.78 Å². The van der Waals surface area contributed by atoms with E-state index in [0.29, 0.717) is 18.3 Å². The summed E-state index contributed by atoms with van der Waals surface area (Å²) in [7, 11) is 0. The molecule has 0 unspecified atom stereocenters. The van der Waals surface area contributed by atoms with Gasteiger partial charge in [0, 0.05) is 0 Å². The van der Waals surface area contributed by atoms with Gasteiger partial charge in [-0.15, -0.1) is 0 Å². The molecule has 0 spiro atoms.